The van der Waals surface area contributed by atoms with E-state index in [1.807, 2.05) is 42.9 Å². The first kappa shape index (κ1) is 16.8. The van der Waals surface area contributed by atoms with E-state index in [0.29, 0.717) is 24.5 Å². The van der Waals surface area contributed by atoms with Gasteiger partial charge in [-0.25, -0.2) is 0 Å². The van der Waals surface area contributed by atoms with Crippen molar-refractivity contribution in [1.82, 2.24) is 24.1 Å². The molecule has 2 aromatic rings. The number of likely N-dealkylation sites (N-methyl/N-ethyl adjacent to an activating group) is 2. The monoisotopic (exact) mass is 317 g/mol. The Hall–Kier alpha value is -2.57. The highest BCUT2D eigenvalue weighted by Crippen LogP contribution is 2.15. The Balaban J connectivity index is 2.20. The third kappa shape index (κ3) is 3.44. The molecule has 2 aromatic heterocycles. The molecule has 0 aliphatic carbocycles. The first-order valence-corrected chi connectivity index (χ1v) is 7.68. The number of aryl methyl sites for hydroxylation is 1. The average Bonchev–Trinajstić information content (AvgIpc) is 3.16. The van der Waals surface area contributed by atoms with E-state index in [2.05, 4.69) is 5.10 Å². The van der Waals surface area contributed by atoms with Crippen LogP contribution in [0.25, 0.3) is 5.82 Å². The summed E-state index contributed by atoms with van der Waals surface area (Å²) in [6.07, 6.45) is 5.25. The van der Waals surface area contributed by atoms with Gasteiger partial charge < -0.3 is 14.4 Å². The molecule has 2 heterocycles. The van der Waals surface area contributed by atoms with E-state index >= 15 is 0 Å². The van der Waals surface area contributed by atoms with E-state index in [1.54, 1.807) is 23.7 Å². The Morgan fingerprint density at radius 3 is 2.35 bits per heavy atom. The maximum absolute atomic E-state index is 12.7. The Bertz CT molecular complexity index is 671. The Morgan fingerprint density at radius 1 is 1.17 bits per heavy atom. The lowest BCUT2D eigenvalue weighted by molar-refractivity contribution is -0.131. The minimum Gasteiger partial charge on any atom is -0.342 e. The fraction of sp³-hybridized carbons (Fsp3) is 0.438. The number of hydrogen-bond donors (Lipinski definition) is 0. The first-order valence-electron chi connectivity index (χ1n) is 7.68. The van der Waals surface area contributed by atoms with Crippen molar-refractivity contribution in [2.45, 2.75) is 13.8 Å². The molecule has 124 valence electrons. The van der Waals surface area contributed by atoms with E-state index in [-0.39, 0.29) is 18.4 Å². The van der Waals surface area contributed by atoms with Gasteiger partial charge in [0.2, 0.25) is 5.91 Å². The van der Waals surface area contributed by atoms with Gasteiger partial charge in [-0.2, -0.15) is 5.10 Å². The molecule has 2 rings (SSSR count). The Kier molecular flexibility index (Phi) is 5.20. The van der Waals surface area contributed by atoms with Crippen molar-refractivity contribution < 1.29 is 9.59 Å². The van der Waals surface area contributed by atoms with E-state index in [1.165, 1.54) is 11.1 Å². The number of carbonyl (C=O) groups excluding carboxylic acids is 2. The SMILES string of the molecule is CCN(CC)C(=O)CN(C)C(=O)c1cnn(C)c1-n1cccc1. The first-order chi connectivity index (χ1) is 11.0. The van der Waals surface area contributed by atoms with Crippen LogP contribution in [0.15, 0.2) is 30.7 Å². The van der Waals surface area contributed by atoms with E-state index in [9.17, 15) is 9.59 Å². The van der Waals surface area contributed by atoms with Gasteiger partial charge in [0.25, 0.3) is 5.91 Å². The second kappa shape index (κ2) is 7.13. The van der Waals surface area contributed by atoms with Gasteiger partial charge in [-0.1, -0.05) is 0 Å². The smallest absolute Gasteiger partial charge is 0.259 e. The van der Waals surface area contributed by atoms with Gasteiger partial charge in [-0.05, 0) is 26.0 Å². The summed E-state index contributed by atoms with van der Waals surface area (Å²) >= 11 is 0. The summed E-state index contributed by atoms with van der Waals surface area (Å²) in [4.78, 5) is 28.0. The van der Waals surface area contributed by atoms with E-state index in [0.717, 1.165) is 0 Å². The fourth-order valence-electron chi connectivity index (χ4n) is 2.52. The molecule has 0 aromatic carbocycles. The summed E-state index contributed by atoms with van der Waals surface area (Å²) < 4.78 is 3.48. The highest BCUT2D eigenvalue weighted by atomic mass is 16.2. The topological polar surface area (TPSA) is 63.4 Å². The van der Waals surface area contributed by atoms with Gasteiger partial charge in [0, 0.05) is 39.6 Å². The summed E-state index contributed by atoms with van der Waals surface area (Å²) in [5.41, 5.74) is 0.471. The summed E-state index contributed by atoms with van der Waals surface area (Å²) in [5, 5.41) is 4.18. The van der Waals surface area contributed by atoms with Gasteiger partial charge in [-0.3, -0.25) is 14.3 Å². The lowest BCUT2D eigenvalue weighted by Crippen LogP contribution is -2.41. The van der Waals surface area contributed by atoms with Crippen molar-refractivity contribution in [2.24, 2.45) is 7.05 Å². The van der Waals surface area contributed by atoms with E-state index in [4.69, 9.17) is 0 Å². The molecular weight excluding hydrogens is 294 g/mol. The molecule has 0 aliphatic rings. The quantitative estimate of drug-likeness (QED) is 0.803. The van der Waals surface area contributed by atoms with Crippen LogP contribution in [-0.2, 0) is 11.8 Å². The molecule has 0 atom stereocenters. The predicted molar refractivity (Wildman–Crippen MR) is 87.4 cm³/mol. The van der Waals surface area contributed by atoms with Crippen molar-refractivity contribution in [1.29, 1.82) is 0 Å². The highest BCUT2D eigenvalue weighted by molar-refractivity contribution is 5.98. The van der Waals surface area contributed by atoms with Gasteiger partial charge >= 0.3 is 0 Å². The van der Waals surface area contributed by atoms with Crippen LogP contribution in [-0.4, -0.2) is 62.6 Å². The van der Waals surface area contributed by atoms with Crippen LogP contribution in [0.5, 0.6) is 0 Å². The maximum Gasteiger partial charge on any atom is 0.259 e. The van der Waals surface area contributed by atoms with Crippen LogP contribution in [0.3, 0.4) is 0 Å². The van der Waals surface area contributed by atoms with Crippen molar-refractivity contribution in [3.63, 3.8) is 0 Å². The molecule has 0 N–H and O–H groups in total. The molecule has 0 saturated heterocycles. The van der Waals surface area contributed by atoms with E-state index < -0.39 is 0 Å². The number of nitrogens with zero attached hydrogens (tertiary/aromatic N) is 5. The minimum atomic E-state index is -0.220. The normalized spacial score (nSPS) is 10.6. The summed E-state index contributed by atoms with van der Waals surface area (Å²) in [7, 11) is 3.42. The number of carbonyl (C=O) groups is 2. The third-order valence-corrected chi connectivity index (χ3v) is 3.82. The number of rotatable bonds is 6. The lowest BCUT2D eigenvalue weighted by atomic mass is 10.2. The van der Waals surface area contributed by atoms with Crippen molar-refractivity contribution >= 4 is 11.8 Å². The van der Waals surface area contributed by atoms with Crippen molar-refractivity contribution in [3.8, 4) is 5.82 Å². The van der Waals surface area contributed by atoms with Crippen LogP contribution in [0.2, 0.25) is 0 Å². The standard InChI is InChI=1S/C16H23N5O2/c1-5-20(6-2)14(22)12-18(3)16(23)13-11-17-19(4)15(13)21-9-7-8-10-21/h7-11H,5-6,12H2,1-4H3. The van der Waals surface area contributed by atoms with Crippen molar-refractivity contribution in [2.75, 3.05) is 26.7 Å². The van der Waals surface area contributed by atoms with Crippen LogP contribution < -0.4 is 0 Å². The molecule has 7 heteroatoms. The Morgan fingerprint density at radius 2 is 1.78 bits per heavy atom. The molecule has 7 nitrogen and oxygen atoms in total. The zero-order valence-electron chi connectivity index (χ0n) is 14.1. The predicted octanol–water partition coefficient (Wildman–Crippen LogP) is 1.15. The molecule has 2 amide bonds. The number of hydrogen-bond acceptors (Lipinski definition) is 3. The molecule has 0 aliphatic heterocycles. The largest absolute Gasteiger partial charge is 0.342 e. The molecule has 23 heavy (non-hydrogen) atoms. The van der Waals surface area contributed by atoms with Gasteiger partial charge in [0.15, 0.2) is 0 Å². The van der Waals surface area contributed by atoms with Crippen LogP contribution >= 0.6 is 0 Å². The zero-order chi connectivity index (χ0) is 17.0. The van der Waals surface area contributed by atoms with Gasteiger partial charge in [0.05, 0.1) is 12.7 Å². The summed E-state index contributed by atoms with van der Waals surface area (Å²) in [5.74, 6) is 0.404. The second-order valence-corrected chi connectivity index (χ2v) is 5.32. The molecule has 0 spiro atoms. The maximum atomic E-state index is 12.7. The number of aromatic nitrogens is 3. The molecule has 0 saturated carbocycles. The highest BCUT2D eigenvalue weighted by Gasteiger charge is 2.23. The average molecular weight is 317 g/mol. The molecule has 0 bridgehead atoms. The lowest BCUT2D eigenvalue weighted by Gasteiger charge is -2.23. The van der Waals surface area contributed by atoms with Gasteiger partial charge in [-0.15, -0.1) is 0 Å². The van der Waals surface area contributed by atoms with Crippen LogP contribution in [0, 0.1) is 0 Å². The van der Waals surface area contributed by atoms with Gasteiger partial charge in [0.1, 0.15) is 11.4 Å². The third-order valence-electron chi connectivity index (χ3n) is 3.82. The zero-order valence-corrected chi connectivity index (χ0v) is 14.1. The molecule has 0 unspecified atom stereocenters. The minimum absolute atomic E-state index is 0.0561. The second-order valence-electron chi connectivity index (χ2n) is 5.32. The molecule has 0 radical (unpaired) electrons. The molecular formula is C16H23N5O2. The fourth-order valence-corrected chi connectivity index (χ4v) is 2.52. The molecule has 0 fully saturated rings. The van der Waals surface area contributed by atoms with Crippen LogP contribution in [0.4, 0.5) is 0 Å². The summed E-state index contributed by atoms with van der Waals surface area (Å²) in [6, 6.07) is 3.77. The Labute approximate surface area is 136 Å². The van der Waals surface area contributed by atoms with Crippen molar-refractivity contribution in [3.05, 3.63) is 36.3 Å². The van der Waals surface area contributed by atoms with Crippen LogP contribution in [0.1, 0.15) is 24.2 Å². The summed E-state index contributed by atoms with van der Waals surface area (Å²) in [6.45, 7) is 5.18. The number of amides is 2.